The SMILES string of the molecule is CCCn1c(C(C)(C)C)c(N)c(=O)n1C1CCCCCC1. The molecule has 0 spiro atoms. The van der Waals surface area contributed by atoms with Crippen LogP contribution in [0, 0.1) is 0 Å². The molecule has 2 rings (SSSR count). The van der Waals surface area contributed by atoms with E-state index in [-0.39, 0.29) is 11.0 Å². The van der Waals surface area contributed by atoms with Crippen LogP contribution in [0.4, 0.5) is 5.69 Å². The first-order chi connectivity index (χ1) is 9.88. The molecule has 0 aliphatic heterocycles. The normalized spacial score (nSPS) is 17.9. The van der Waals surface area contributed by atoms with Gasteiger partial charge in [-0.05, 0) is 19.3 Å². The van der Waals surface area contributed by atoms with E-state index in [1.165, 1.54) is 25.7 Å². The van der Waals surface area contributed by atoms with Gasteiger partial charge in [-0.15, -0.1) is 0 Å². The molecule has 1 aromatic rings. The summed E-state index contributed by atoms with van der Waals surface area (Å²) in [5.74, 6) is 0. The maximum Gasteiger partial charge on any atom is 0.290 e. The Morgan fingerprint density at radius 2 is 1.71 bits per heavy atom. The fraction of sp³-hybridized carbons (Fsp3) is 0.824. The van der Waals surface area contributed by atoms with E-state index in [0.29, 0.717) is 11.7 Å². The quantitative estimate of drug-likeness (QED) is 0.861. The summed E-state index contributed by atoms with van der Waals surface area (Å²) in [7, 11) is 0. The van der Waals surface area contributed by atoms with Crippen LogP contribution in [0.15, 0.2) is 4.79 Å². The molecule has 120 valence electrons. The van der Waals surface area contributed by atoms with Crippen molar-refractivity contribution < 1.29 is 0 Å². The molecule has 1 aromatic heterocycles. The Bertz CT molecular complexity index is 525. The molecule has 0 unspecified atom stereocenters. The van der Waals surface area contributed by atoms with Gasteiger partial charge in [0.25, 0.3) is 5.56 Å². The summed E-state index contributed by atoms with van der Waals surface area (Å²) in [5.41, 5.74) is 7.61. The van der Waals surface area contributed by atoms with E-state index in [1.807, 2.05) is 4.68 Å². The molecule has 0 radical (unpaired) electrons. The van der Waals surface area contributed by atoms with Crippen LogP contribution in [0.5, 0.6) is 0 Å². The van der Waals surface area contributed by atoms with Crippen molar-refractivity contribution in [3.63, 3.8) is 0 Å². The Kier molecular flexibility index (Phi) is 4.84. The maximum absolute atomic E-state index is 12.8. The number of nitrogen functional groups attached to an aromatic ring is 1. The molecule has 0 amide bonds. The molecular weight excluding hydrogens is 262 g/mol. The lowest BCUT2D eigenvalue weighted by atomic mass is 9.91. The van der Waals surface area contributed by atoms with Crippen molar-refractivity contribution in [2.24, 2.45) is 0 Å². The molecule has 1 aliphatic carbocycles. The van der Waals surface area contributed by atoms with Gasteiger partial charge in [-0.3, -0.25) is 9.48 Å². The topological polar surface area (TPSA) is 52.9 Å². The van der Waals surface area contributed by atoms with Gasteiger partial charge < -0.3 is 5.73 Å². The summed E-state index contributed by atoms with van der Waals surface area (Å²) in [5, 5.41) is 0. The number of nitrogens with two attached hydrogens (primary N) is 1. The van der Waals surface area contributed by atoms with Gasteiger partial charge in [0.15, 0.2) is 0 Å². The Balaban J connectivity index is 2.56. The molecule has 4 nitrogen and oxygen atoms in total. The van der Waals surface area contributed by atoms with E-state index >= 15 is 0 Å². The highest BCUT2D eigenvalue weighted by atomic mass is 16.1. The highest BCUT2D eigenvalue weighted by Crippen LogP contribution is 2.31. The van der Waals surface area contributed by atoms with Crippen molar-refractivity contribution in [1.82, 2.24) is 9.36 Å². The van der Waals surface area contributed by atoms with Crippen molar-refractivity contribution >= 4 is 5.69 Å². The third-order valence-corrected chi connectivity index (χ3v) is 4.53. The second-order valence-electron chi connectivity index (χ2n) is 7.43. The minimum atomic E-state index is -0.103. The van der Waals surface area contributed by atoms with E-state index in [9.17, 15) is 4.79 Å². The number of hydrogen-bond donors (Lipinski definition) is 1. The van der Waals surface area contributed by atoms with E-state index in [1.54, 1.807) is 0 Å². The van der Waals surface area contributed by atoms with E-state index < -0.39 is 0 Å². The van der Waals surface area contributed by atoms with Gasteiger partial charge in [0.1, 0.15) is 5.69 Å². The molecule has 2 N–H and O–H groups in total. The fourth-order valence-electron chi connectivity index (χ4n) is 3.67. The Labute approximate surface area is 128 Å². The minimum Gasteiger partial charge on any atom is -0.393 e. The lowest BCUT2D eigenvalue weighted by Crippen LogP contribution is -2.29. The molecular formula is C17H31N3O. The summed E-state index contributed by atoms with van der Waals surface area (Å²) >= 11 is 0. The molecule has 1 aliphatic rings. The lowest BCUT2D eigenvalue weighted by Gasteiger charge is -2.26. The Morgan fingerprint density at radius 3 is 2.19 bits per heavy atom. The van der Waals surface area contributed by atoms with E-state index in [4.69, 9.17) is 5.73 Å². The van der Waals surface area contributed by atoms with Crippen molar-refractivity contribution in [1.29, 1.82) is 0 Å². The van der Waals surface area contributed by atoms with Gasteiger partial charge in [0.2, 0.25) is 0 Å². The van der Waals surface area contributed by atoms with Crippen LogP contribution in [-0.2, 0) is 12.0 Å². The first kappa shape index (κ1) is 16.2. The number of nitrogens with zero attached hydrogens (tertiary/aromatic N) is 2. The Morgan fingerprint density at radius 1 is 1.14 bits per heavy atom. The van der Waals surface area contributed by atoms with Crippen LogP contribution in [-0.4, -0.2) is 9.36 Å². The van der Waals surface area contributed by atoms with Gasteiger partial charge in [-0.25, -0.2) is 4.68 Å². The number of anilines is 1. The average molecular weight is 293 g/mol. The first-order valence-electron chi connectivity index (χ1n) is 8.49. The first-order valence-corrected chi connectivity index (χ1v) is 8.49. The molecule has 1 fully saturated rings. The van der Waals surface area contributed by atoms with Crippen molar-refractivity contribution in [2.75, 3.05) is 5.73 Å². The Hall–Kier alpha value is -1.19. The van der Waals surface area contributed by atoms with Crippen molar-refractivity contribution in [3.05, 3.63) is 16.0 Å². The van der Waals surface area contributed by atoms with Crippen molar-refractivity contribution in [2.45, 2.75) is 90.6 Å². The standard InChI is InChI=1S/C17H31N3O/c1-5-12-19-15(17(2,3)4)14(18)16(21)20(19)13-10-8-6-7-9-11-13/h13H,5-12,18H2,1-4H3. The lowest BCUT2D eigenvalue weighted by molar-refractivity contribution is 0.311. The van der Waals surface area contributed by atoms with Crippen LogP contribution in [0.2, 0.25) is 0 Å². The second kappa shape index (κ2) is 6.29. The van der Waals surface area contributed by atoms with Gasteiger partial charge in [-0.2, -0.15) is 0 Å². The summed E-state index contributed by atoms with van der Waals surface area (Å²) < 4.78 is 4.18. The molecule has 0 saturated heterocycles. The van der Waals surface area contributed by atoms with Crippen LogP contribution >= 0.6 is 0 Å². The molecule has 21 heavy (non-hydrogen) atoms. The van der Waals surface area contributed by atoms with Crippen molar-refractivity contribution in [3.8, 4) is 0 Å². The molecule has 1 heterocycles. The second-order valence-corrected chi connectivity index (χ2v) is 7.43. The van der Waals surface area contributed by atoms with Crippen LogP contribution in [0.3, 0.4) is 0 Å². The van der Waals surface area contributed by atoms with E-state index in [2.05, 4.69) is 32.4 Å². The van der Waals surface area contributed by atoms with Crippen LogP contribution < -0.4 is 11.3 Å². The largest absolute Gasteiger partial charge is 0.393 e. The van der Waals surface area contributed by atoms with Gasteiger partial charge in [0, 0.05) is 12.0 Å². The fourth-order valence-corrected chi connectivity index (χ4v) is 3.67. The van der Waals surface area contributed by atoms with Gasteiger partial charge >= 0.3 is 0 Å². The summed E-state index contributed by atoms with van der Waals surface area (Å²) in [6.07, 6.45) is 8.26. The molecule has 1 saturated carbocycles. The summed E-state index contributed by atoms with van der Waals surface area (Å²) in [4.78, 5) is 12.8. The third kappa shape index (κ3) is 3.19. The maximum atomic E-state index is 12.8. The highest BCUT2D eigenvalue weighted by molar-refractivity contribution is 5.45. The van der Waals surface area contributed by atoms with Crippen LogP contribution in [0.1, 0.15) is 84.4 Å². The summed E-state index contributed by atoms with van der Waals surface area (Å²) in [6, 6.07) is 0.324. The number of hydrogen-bond acceptors (Lipinski definition) is 2. The third-order valence-electron chi connectivity index (χ3n) is 4.53. The average Bonchev–Trinajstić information content (AvgIpc) is 2.60. The molecule has 0 atom stereocenters. The monoisotopic (exact) mass is 293 g/mol. The number of aromatic nitrogens is 2. The van der Waals surface area contributed by atoms with Gasteiger partial charge in [-0.1, -0.05) is 53.4 Å². The predicted molar refractivity (Wildman–Crippen MR) is 88.8 cm³/mol. The zero-order chi connectivity index (χ0) is 15.6. The molecule has 0 aromatic carbocycles. The zero-order valence-electron chi connectivity index (χ0n) is 14.1. The molecule has 4 heteroatoms. The smallest absolute Gasteiger partial charge is 0.290 e. The summed E-state index contributed by atoms with van der Waals surface area (Å²) in [6.45, 7) is 9.45. The zero-order valence-corrected chi connectivity index (χ0v) is 14.1. The predicted octanol–water partition coefficient (Wildman–Crippen LogP) is 3.83. The minimum absolute atomic E-state index is 0.0280. The number of rotatable bonds is 3. The highest BCUT2D eigenvalue weighted by Gasteiger charge is 2.29. The molecule has 0 bridgehead atoms. The van der Waals surface area contributed by atoms with E-state index in [0.717, 1.165) is 31.5 Å². The van der Waals surface area contributed by atoms with Gasteiger partial charge in [0.05, 0.1) is 11.7 Å². The van der Waals surface area contributed by atoms with Crippen LogP contribution in [0.25, 0.3) is 0 Å².